The van der Waals surface area contributed by atoms with Crippen LogP contribution in [0.3, 0.4) is 0 Å². The molecule has 2 rings (SSSR count). The zero-order chi connectivity index (χ0) is 13.8. The molecule has 0 saturated heterocycles. The molecule has 2 N–H and O–H groups in total. The summed E-state index contributed by atoms with van der Waals surface area (Å²) in [5.41, 5.74) is 2.88. The fraction of sp³-hybridized carbons (Fsp3) is 0.286. The molecule has 1 aromatic rings. The highest BCUT2D eigenvalue weighted by Crippen LogP contribution is 2.31. The van der Waals surface area contributed by atoms with Crippen LogP contribution in [0.15, 0.2) is 33.7 Å². The van der Waals surface area contributed by atoms with Crippen LogP contribution in [0.25, 0.3) is 5.70 Å². The largest absolute Gasteiger partial charge is 0.325 e. The number of hydrogen-bond donors (Lipinski definition) is 2. The fourth-order valence-corrected chi connectivity index (χ4v) is 2.20. The van der Waals surface area contributed by atoms with Crippen molar-refractivity contribution >= 4 is 39.2 Å². The smallest absolute Gasteiger partial charge is 0.223 e. The van der Waals surface area contributed by atoms with Crippen molar-refractivity contribution in [3.63, 3.8) is 0 Å². The van der Waals surface area contributed by atoms with E-state index in [0.717, 1.165) is 34.3 Å². The Morgan fingerprint density at radius 3 is 3.00 bits per heavy atom. The van der Waals surface area contributed by atoms with Crippen LogP contribution in [0, 0.1) is 0 Å². The van der Waals surface area contributed by atoms with Crippen molar-refractivity contribution in [1.82, 2.24) is 5.32 Å². The molecule has 0 saturated carbocycles. The molecule has 5 heteroatoms. The van der Waals surface area contributed by atoms with E-state index in [9.17, 15) is 4.79 Å². The van der Waals surface area contributed by atoms with Gasteiger partial charge in [0, 0.05) is 17.0 Å². The van der Waals surface area contributed by atoms with Gasteiger partial charge in [-0.15, -0.1) is 0 Å². The second-order valence-corrected chi connectivity index (χ2v) is 5.25. The molecule has 1 aliphatic heterocycles. The Labute approximate surface area is 121 Å². The van der Waals surface area contributed by atoms with Crippen molar-refractivity contribution < 1.29 is 4.79 Å². The number of hydrogen-bond acceptors (Lipinski definition) is 3. The lowest BCUT2D eigenvalue weighted by Crippen LogP contribution is -2.36. The van der Waals surface area contributed by atoms with Crippen molar-refractivity contribution in [3.8, 4) is 0 Å². The monoisotopic (exact) mass is 321 g/mol. The predicted octanol–water partition coefficient (Wildman–Crippen LogP) is 3.51. The number of nitrogens with one attached hydrogen (secondary N) is 2. The van der Waals surface area contributed by atoms with E-state index in [1.54, 1.807) is 0 Å². The lowest BCUT2D eigenvalue weighted by Gasteiger charge is -2.20. The molecule has 0 fully saturated rings. The van der Waals surface area contributed by atoms with Gasteiger partial charge in [0.1, 0.15) is 0 Å². The number of benzene rings is 1. The van der Waals surface area contributed by atoms with E-state index in [1.807, 2.05) is 18.2 Å². The molecule has 1 amide bonds. The second-order valence-electron chi connectivity index (χ2n) is 4.33. The van der Waals surface area contributed by atoms with Gasteiger partial charge >= 0.3 is 0 Å². The molecule has 1 aliphatic rings. The first kappa shape index (κ1) is 13.8. The Balaban J connectivity index is 2.39. The first-order valence-electron chi connectivity index (χ1n) is 6.23. The Bertz CT molecular complexity index is 564. The highest BCUT2D eigenvalue weighted by atomic mass is 79.9. The molecule has 19 heavy (non-hydrogen) atoms. The minimum atomic E-state index is -0.139. The lowest BCUT2D eigenvalue weighted by atomic mass is 10.1. The molecular formula is C14H16BrN3O. The number of unbranched alkanes of at least 4 members (excludes halogenated alkanes) is 1. The molecule has 4 nitrogen and oxygen atoms in total. The summed E-state index contributed by atoms with van der Waals surface area (Å²) in [6.45, 7) is 3.59. The van der Waals surface area contributed by atoms with E-state index in [2.05, 4.69) is 44.6 Å². The molecule has 0 aromatic heterocycles. The number of amides is 1. The number of anilines is 1. The van der Waals surface area contributed by atoms with Gasteiger partial charge in [0.2, 0.25) is 11.9 Å². The van der Waals surface area contributed by atoms with E-state index in [1.165, 1.54) is 6.92 Å². The number of aliphatic imine (C=N–C) groups is 1. The molecule has 1 aromatic carbocycles. The van der Waals surface area contributed by atoms with Gasteiger partial charge in [-0.2, -0.15) is 0 Å². The maximum atomic E-state index is 11.2. The second kappa shape index (κ2) is 6.02. The maximum absolute atomic E-state index is 11.2. The summed E-state index contributed by atoms with van der Waals surface area (Å²) in [4.78, 5) is 15.6. The van der Waals surface area contributed by atoms with E-state index in [4.69, 9.17) is 0 Å². The number of carbonyl (C=O) groups is 1. The SMILES string of the molecule is CCC/C=C1\N=C(NC(C)=O)Nc2cc(Br)ccc21. The quantitative estimate of drug-likeness (QED) is 0.875. The maximum Gasteiger partial charge on any atom is 0.223 e. The van der Waals surface area contributed by atoms with Crippen molar-refractivity contribution in [2.24, 2.45) is 4.99 Å². The normalized spacial score (nSPS) is 15.5. The van der Waals surface area contributed by atoms with E-state index in [-0.39, 0.29) is 5.91 Å². The minimum Gasteiger partial charge on any atom is -0.325 e. The summed E-state index contributed by atoms with van der Waals surface area (Å²) in [5.74, 6) is 0.333. The lowest BCUT2D eigenvalue weighted by molar-refractivity contribution is -0.117. The molecular weight excluding hydrogens is 306 g/mol. The van der Waals surface area contributed by atoms with Crippen molar-refractivity contribution in [2.45, 2.75) is 26.7 Å². The van der Waals surface area contributed by atoms with Crippen LogP contribution in [0.1, 0.15) is 32.3 Å². The number of allylic oxidation sites excluding steroid dienone is 1. The van der Waals surface area contributed by atoms with Crippen LogP contribution in [-0.2, 0) is 4.79 Å². The number of rotatable bonds is 2. The number of halogens is 1. The first-order valence-corrected chi connectivity index (χ1v) is 7.03. The van der Waals surface area contributed by atoms with Gasteiger partial charge in [-0.3, -0.25) is 10.1 Å². The average Bonchev–Trinajstić information content (AvgIpc) is 2.34. The van der Waals surface area contributed by atoms with E-state index < -0.39 is 0 Å². The highest BCUT2D eigenvalue weighted by Gasteiger charge is 2.16. The molecule has 0 bridgehead atoms. The topological polar surface area (TPSA) is 53.5 Å². The summed E-state index contributed by atoms with van der Waals surface area (Å²) in [7, 11) is 0. The Kier molecular flexibility index (Phi) is 4.37. The summed E-state index contributed by atoms with van der Waals surface area (Å²) in [6.07, 6.45) is 4.12. The molecule has 0 spiro atoms. The van der Waals surface area contributed by atoms with Gasteiger partial charge in [0.05, 0.1) is 11.4 Å². The van der Waals surface area contributed by atoms with Crippen molar-refractivity contribution in [2.75, 3.05) is 5.32 Å². The van der Waals surface area contributed by atoms with Gasteiger partial charge in [0.15, 0.2) is 0 Å². The van der Waals surface area contributed by atoms with Crippen LogP contribution < -0.4 is 10.6 Å². The van der Waals surface area contributed by atoms with Gasteiger partial charge < -0.3 is 5.32 Å². The Morgan fingerprint density at radius 2 is 2.32 bits per heavy atom. The Morgan fingerprint density at radius 1 is 1.53 bits per heavy atom. The number of guanidine groups is 1. The van der Waals surface area contributed by atoms with Gasteiger partial charge in [-0.1, -0.05) is 35.4 Å². The third kappa shape index (κ3) is 3.44. The Hall–Kier alpha value is -1.62. The van der Waals surface area contributed by atoms with E-state index >= 15 is 0 Å². The summed E-state index contributed by atoms with van der Waals surface area (Å²) in [6, 6.07) is 5.98. The number of fused-ring (bicyclic) bond motifs is 1. The highest BCUT2D eigenvalue weighted by molar-refractivity contribution is 9.10. The summed E-state index contributed by atoms with van der Waals surface area (Å²) in [5, 5.41) is 5.82. The third-order valence-electron chi connectivity index (χ3n) is 2.66. The standard InChI is InChI=1S/C14H16BrN3O/c1-3-4-5-12-11-7-6-10(15)8-13(11)18-14(17-12)16-9(2)19/h5-8H,3-4H2,1-2H3,(H2,16,17,18,19)/b12-5-. The molecule has 0 atom stereocenters. The van der Waals surface area contributed by atoms with Crippen LogP contribution in [-0.4, -0.2) is 11.9 Å². The number of nitrogens with zero attached hydrogens (tertiary/aromatic N) is 1. The van der Waals surface area contributed by atoms with Crippen LogP contribution in [0.5, 0.6) is 0 Å². The molecule has 1 heterocycles. The fourth-order valence-electron chi connectivity index (χ4n) is 1.84. The van der Waals surface area contributed by atoms with Gasteiger partial charge in [-0.05, 0) is 24.6 Å². The minimum absolute atomic E-state index is 0.139. The van der Waals surface area contributed by atoms with Gasteiger partial charge in [-0.25, -0.2) is 4.99 Å². The average molecular weight is 322 g/mol. The summed E-state index contributed by atoms with van der Waals surface area (Å²) >= 11 is 3.45. The summed E-state index contributed by atoms with van der Waals surface area (Å²) < 4.78 is 0.984. The van der Waals surface area contributed by atoms with Crippen molar-refractivity contribution in [1.29, 1.82) is 0 Å². The zero-order valence-corrected chi connectivity index (χ0v) is 12.5. The van der Waals surface area contributed by atoms with Crippen LogP contribution in [0.4, 0.5) is 5.69 Å². The van der Waals surface area contributed by atoms with Gasteiger partial charge in [0.25, 0.3) is 0 Å². The zero-order valence-electron chi connectivity index (χ0n) is 11.0. The predicted molar refractivity (Wildman–Crippen MR) is 81.9 cm³/mol. The molecule has 0 radical (unpaired) electrons. The van der Waals surface area contributed by atoms with Crippen molar-refractivity contribution in [3.05, 3.63) is 34.3 Å². The third-order valence-corrected chi connectivity index (χ3v) is 3.16. The molecule has 100 valence electrons. The first-order chi connectivity index (χ1) is 9.10. The van der Waals surface area contributed by atoms with Crippen LogP contribution in [0.2, 0.25) is 0 Å². The number of carbonyl (C=O) groups excluding carboxylic acids is 1. The molecule has 0 unspecified atom stereocenters. The van der Waals surface area contributed by atoms with Crippen LogP contribution >= 0.6 is 15.9 Å². The molecule has 0 aliphatic carbocycles. The van der Waals surface area contributed by atoms with E-state index in [0.29, 0.717) is 5.96 Å².